The zero-order chi connectivity index (χ0) is 17.6. The van der Waals surface area contributed by atoms with Gasteiger partial charge in [-0.1, -0.05) is 48.5 Å². The Morgan fingerprint density at radius 2 is 1.68 bits per heavy atom. The number of piperidine rings is 1. The number of aromatic hydroxyl groups is 1. The lowest BCUT2D eigenvalue weighted by Crippen LogP contribution is -2.42. The molecule has 2 aromatic rings. The summed E-state index contributed by atoms with van der Waals surface area (Å²) in [6.07, 6.45) is 2.17. The van der Waals surface area contributed by atoms with E-state index in [1.807, 2.05) is 41.3 Å². The third-order valence-electron chi connectivity index (χ3n) is 5.06. The van der Waals surface area contributed by atoms with Crippen LogP contribution in [0.4, 0.5) is 0 Å². The fourth-order valence-corrected chi connectivity index (χ4v) is 3.49. The van der Waals surface area contributed by atoms with Crippen molar-refractivity contribution in [2.24, 2.45) is 5.92 Å². The Morgan fingerprint density at radius 1 is 1.04 bits per heavy atom. The van der Waals surface area contributed by atoms with Gasteiger partial charge in [0.15, 0.2) is 0 Å². The van der Waals surface area contributed by atoms with Crippen LogP contribution in [-0.2, 0) is 17.6 Å². The number of amides is 1. The average Bonchev–Trinajstić information content (AvgIpc) is 2.64. The number of carbonyl (C=O) groups excluding carboxylic acids is 1. The van der Waals surface area contributed by atoms with Crippen LogP contribution in [0, 0.1) is 5.92 Å². The van der Waals surface area contributed by atoms with Crippen LogP contribution in [0.5, 0.6) is 5.75 Å². The molecule has 0 saturated carbocycles. The molecule has 1 heterocycles. The fourth-order valence-electron chi connectivity index (χ4n) is 3.49. The standard InChI is InChI=1S/C21H25NO3/c23-19-9-5-4-8-18(19)15-21(25)22-12-10-17(11-13-22)20(24)14-16-6-2-1-3-7-16/h1-9,17,20,23-24H,10-15H2/t20-/m1/s1. The monoisotopic (exact) mass is 339 g/mol. The minimum Gasteiger partial charge on any atom is -0.508 e. The SMILES string of the molecule is O=C(Cc1ccccc1O)N1CCC([C@H](O)Cc2ccccc2)CC1. The molecule has 4 heteroatoms. The van der Waals surface area contributed by atoms with E-state index in [9.17, 15) is 15.0 Å². The molecule has 1 fully saturated rings. The topological polar surface area (TPSA) is 60.8 Å². The number of hydrogen-bond acceptors (Lipinski definition) is 3. The Kier molecular flexibility index (Phi) is 5.71. The third-order valence-corrected chi connectivity index (χ3v) is 5.06. The van der Waals surface area contributed by atoms with Gasteiger partial charge in [0, 0.05) is 18.7 Å². The quantitative estimate of drug-likeness (QED) is 0.880. The first-order valence-electron chi connectivity index (χ1n) is 8.90. The van der Waals surface area contributed by atoms with Gasteiger partial charge in [-0.05, 0) is 36.8 Å². The molecule has 0 aromatic heterocycles. The molecule has 3 rings (SSSR count). The molecular weight excluding hydrogens is 314 g/mol. The number of para-hydroxylation sites is 1. The van der Waals surface area contributed by atoms with Crippen molar-refractivity contribution in [1.82, 2.24) is 4.90 Å². The van der Waals surface area contributed by atoms with Gasteiger partial charge in [-0.3, -0.25) is 4.79 Å². The highest BCUT2D eigenvalue weighted by Crippen LogP contribution is 2.24. The van der Waals surface area contributed by atoms with E-state index in [2.05, 4.69) is 0 Å². The molecule has 1 atom stereocenters. The van der Waals surface area contributed by atoms with Gasteiger partial charge in [-0.2, -0.15) is 0 Å². The van der Waals surface area contributed by atoms with E-state index >= 15 is 0 Å². The van der Waals surface area contributed by atoms with Crippen LogP contribution < -0.4 is 0 Å². The normalized spacial score (nSPS) is 16.6. The molecule has 0 spiro atoms. The van der Waals surface area contributed by atoms with Gasteiger partial charge in [-0.25, -0.2) is 0 Å². The molecule has 25 heavy (non-hydrogen) atoms. The summed E-state index contributed by atoms with van der Waals surface area (Å²) in [5, 5.41) is 20.3. The van der Waals surface area contributed by atoms with Gasteiger partial charge in [0.05, 0.1) is 12.5 Å². The first-order valence-corrected chi connectivity index (χ1v) is 8.90. The molecule has 0 bridgehead atoms. The van der Waals surface area contributed by atoms with E-state index in [1.165, 1.54) is 0 Å². The maximum atomic E-state index is 12.4. The van der Waals surface area contributed by atoms with Crippen molar-refractivity contribution in [1.29, 1.82) is 0 Å². The Morgan fingerprint density at radius 3 is 2.36 bits per heavy atom. The predicted octanol–water partition coefficient (Wildman–Crippen LogP) is 2.78. The van der Waals surface area contributed by atoms with Gasteiger partial charge in [0.2, 0.25) is 5.91 Å². The second kappa shape index (κ2) is 8.17. The highest BCUT2D eigenvalue weighted by atomic mass is 16.3. The molecule has 1 aliphatic heterocycles. The summed E-state index contributed by atoms with van der Waals surface area (Å²) in [5.74, 6) is 0.441. The van der Waals surface area contributed by atoms with Gasteiger partial charge in [-0.15, -0.1) is 0 Å². The second-order valence-electron chi connectivity index (χ2n) is 6.78. The van der Waals surface area contributed by atoms with Crippen LogP contribution in [0.25, 0.3) is 0 Å². The molecule has 0 aliphatic carbocycles. The highest BCUT2D eigenvalue weighted by Gasteiger charge is 2.27. The number of benzene rings is 2. The number of nitrogens with zero attached hydrogens (tertiary/aromatic N) is 1. The summed E-state index contributed by atoms with van der Waals surface area (Å²) in [6, 6.07) is 17.0. The Bertz CT molecular complexity index is 693. The van der Waals surface area contributed by atoms with E-state index in [0.717, 1.165) is 18.4 Å². The van der Waals surface area contributed by atoms with Crippen LogP contribution in [0.1, 0.15) is 24.0 Å². The number of rotatable bonds is 5. The number of carbonyl (C=O) groups is 1. The Labute approximate surface area is 148 Å². The largest absolute Gasteiger partial charge is 0.508 e. The molecule has 1 aliphatic rings. The van der Waals surface area contributed by atoms with Crippen LogP contribution >= 0.6 is 0 Å². The molecule has 2 N–H and O–H groups in total. The van der Waals surface area contributed by atoms with Crippen molar-refractivity contribution in [2.45, 2.75) is 31.8 Å². The van der Waals surface area contributed by atoms with Crippen molar-refractivity contribution < 1.29 is 15.0 Å². The van der Waals surface area contributed by atoms with Crippen molar-refractivity contribution in [2.75, 3.05) is 13.1 Å². The first-order chi connectivity index (χ1) is 12.1. The minimum absolute atomic E-state index is 0.0394. The summed E-state index contributed by atoms with van der Waals surface area (Å²) in [6.45, 7) is 1.34. The summed E-state index contributed by atoms with van der Waals surface area (Å²) >= 11 is 0. The number of hydrogen-bond donors (Lipinski definition) is 2. The predicted molar refractivity (Wildman–Crippen MR) is 97.3 cm³/mol. The lowest BCUT2D eigenvalue weighted by molar-refractivity contribution is -0.132. The minimum atomic E-state index is -0.363. The fraction of sp³-hybridized carbons (Fsp3) is 0.381. The van der Waals surface area contributed by atoms with Crippen LogP contribution in [-0.4, -0.2) is 40.2 Å². The maximum Gasteiger partial charge on any atom is 0.227 e. The number of aliphatic hydroxyl groups excluding tert-OH is 1. The van der Waals surface area contributed by atoms with Crippen molar-refractivity contribution in [3.05, 3.63) is 65.7 Å². The summed E-state index contributed by atoms with van der Waals surface area (Å²) in [4.78, 5) is 14.3. The molecule has 2 aromatic carbocycles. The molecule has 0 unspecified atom stereocenters. The number of phenols is 1. The van der Waals surface area contributed by atoms with Gasteiger partial charge in [0.1, 0.15) is 5.75 Å². The van der Waals surface area contributed by atoms with Crippen molar-refractivity contribution in [3.63, 3.8) is 0 Å². The summed E-state index contributed by atoms with van der Waals surface area (Å²) < 4.78 is 0. The molecule has 1 amide bonds. The molecule has 0 radical (unpaired) electrons. The van der Waals surface area contributed by atoms with Gasteiger partial charge in [0.25, 0.3) is 0 Å². The lowest BCUT2D eigenvalue weighted by Gasteiger charge is -2.34. The van der Waals surface area contributed by atoms with E-state index in [1.54, 1.807) is 18.2 Å². The molecule has 4 nitrogen and oxygen atoms in total. The van der Waals surface area contributed by atoms with Gasteiger partial charge >= 0.3 is 0 Å². The number of aliphatic hydroxyl groups is 1. The number of phenolic OH excluding ortho intramolecular Hbond substituents is 1. The van der Waals surface area contributed by atoms with Gasteiger partial charge < -0.3 is 15.1 Å². The van der Waals surface area contributed by atoms with E-state index in [0.29, 0.717) is 25.1 Å². The van der Waals surface area contributed by atoms with E-state index in [-0.39, 0.29) is 30.1 Å². The summed E-state index contributed by atoms with van der Waals surface area (Å²) in [7, 11) is 0. The smallest absolute Gasteiger partial charge is 0.227 e. The second-order valence-corrected chi connectivity index (χ2v) is 6.78. The van der Waals surface area contributed by atoms with Crippen molar-refractivity contribution >= 4 is 5.91 Å². The summed E-state index contributed by atoms with van der Waals surface area (Å²) in [5.41, 5.74) is 1.81. The molecule has 1 saturated heterocycles. The van der Waals surface area contributed by atoms with Crippen LogP contribution in [0.15, 0.2) is 54.6 Å². The van der Waals surface area contributed by atoms with Crippen LogP contribution in [0.2, 0.25) is 0 Å². The highest BCUT2D eigenvalue weighted by molar-refractivity contribution is 5.79. The Hall–Kier alpha value is -2.33. The van der Waals surface area contributed by atoms with Crippen molar-refractivity contribution in [3.8, 4) is 5.75 Å². The first kappa shape index (κ1) is 17.5. The zero-order valence-corrected chi connectivity index (χ0v) is 14.3. The van der Waals surface area contributed by atoms with E-state index < -0.39 is 0 Å². The zero-order valence-electron chi connectivity index (χ0n) is 14.3. The maximum absolute atomic E-state index is 12.4. The lowest BCUT2D eigenvalue weighted by atomic mass is 9.88. The Balaban J connectivity index is 1.49. The third kappa shape index (κ3) is 4.60. The molecule has 132 valence electrons. The number of likely N-dealkylation sites (tertiary alicyclic amines) is 1. The van der Waals surface area contributed by atoms with Crippen LogP contribution in [0.3, 0.4) is 0 Å². The van der Waals surface area contributed by atoms with E-state index in [4.69, 9.17) is 0 Å². The average molecular weight is 339 g/mol. The molecular formula is C21H25NO3.